The molecule has 0 aromatic heterocycles. The number of phenols is 1. The van der Waals surface area contributed by atoms with Crippen LogP contribution in [-0.2, 0) is 4.79 Å². The van der Waals surface area contributed by atoms with Crippen LogP contribution in [0.1, 0.15) is 15.9 Å². The Kier molecular flexibility index (Phi) is 7.84. The molecule has 2 aromatic carbocycles. The molecular weight excluding hydrogens is 446 g/mol. The first-order chi connectivity index (χ1) is 13.9. The van der Waals surface area contributed by atoms with Crippen LogP contribution < -0.4 is 25.0 Å². The molecule has 154 valence electrons. The molecule has 2 rings (SSSR count). The molecule has 0 saturated carbocycles. The van der Waals surface area contributed by atoms with Gasteiger partial charge in [0.1, 0.15) is 0 Å². The molecule has 0 spiro atoms. The van der Waals surface area contributed by atoms with E-state index in [2.05, 4.69) is 31.8 Å². The highest BCUT2D eigenvalue weighted by atomic mass is 79.9. The summed E-state index contributed by atoms with van der Waals surface area (Å²) < 4.78 is 15.7. The number of ether oxygens (including phenoxy) is 3. The lowest BCUT2D eigenvalue weighted by Gasteiger charge is -2.09. The quantitative estimate of drug-likeness (QED) is 0.405. The van der Waals surface area contributed by atoms with Gasteiger partial charge in [0.15, 0.2) is 23.0 Å². The smallest absolute Gasteiger partial charge is 0.259 e. The third kappa shape index (κ3) is 5.85. The van der Waals surface area contributed by atoms with E-state index in [-0.39, 0.29) is 18.0 Å². The van der Waals surface area contributed by atoms with E-state index in [1.165, 1.54) is 33.6 Å². The van der Waals surface area contributed by atoms with Gasteiger partial charge in [-0.1, -0.05) is 0 Å². The Labute approximate surface area is 175 Å². The normalized spacial score (nSPS) is 10.5. The lowest BCUT2D eigenvalue weighted by molar-refractivity contribution is -0.120. The van der Waals surface area contributed by atoms with Crippen LogP contribution in [0.2, 0.25) is 0 Å². The summed E-state index contributed by atoms with van der Waals surface area (Å²) in [5.41, 5.74) is 3.21. The maximum absolute atomic E-state index is 12.2. The molecule has 0 atom stereocenters. The predicted octanol–water partition coefficient (Wildman–Crippen LogP) is 2.06. The molecule has 0 aliphatic carbocycles. The molecule has 0 heterocycles. The Morgan fingerprint density at radius 3 is 2.41 bits per heavy atom. The number of rotatable bonds is 8. The van der Waals surface area contributed by atoms with E-state index < -0.39 is 11.8 Å². The molecule has 0 radical (unpaired) electrons. The van der Waals surface area contributed by atoms with Crippen molar-refractivity contribution in [3.8, 4) is 23.0 Å². The van der Waals surface area contributed by atoms with Crippen LogP contribution >= 0.6 is 15.9 Å². The van der Waals surface area contributed by atoms with Gasteiger partial charge in [-0.25, -0.2) is 5.43 Å². The largest absolute Gasteiger partial charge is 0.503 e. The van der Waals surface area contributed by atoms with Gasteiger partial charge in [-0.3, -0.25) is 9.59 Å². The van der Waals surface area contributed by atoms with Crippen molar-refractivity contribution in [3.05, 3.63) is 45.9 Å². The summed E-state index contributed by atoms with van der Waals surface area (Å²) in [6, 6.07) is 7.83. The highest BCUT2D eigenvalue weighted by Gasteiger charge is 2.12. The SMILES string of the molecule is COc1ccc(C(=O)NCC(=O)NN=Cc2cc(Br)c(O)c(OC)c2)cc1OC. The van der Waals surface area contributed by atoms with Crippen LogP contribution in [0, 0.1) is 0 Å². The van der Waals surface area contributed by atoms with Crippen molar-refractivity contribution in [2.24, 2.45) is 5.10 Å². The average molecular weight is 466 g/mol. The molecule has 0 unspecified atom stereocenters. The fraction of sp³-hybridized carbons (Fsp3) is 0.211. The number of hydrogen-bond acceptors (Lipinski definition) is 7. The zero-order valence-electron chi connectivity index (χ0n) is 16.0. The molecule has 9 nitrogen and oxygen atoms in total. The molecule has 29 heavy (non-hydrogen) atoms. The molecular formula is C19H20BrN3O6. The number of hydrogen-bond donors (Lipinski definition) is 3. The van der Waals surface area contributed by atoms with Gasteiger partial charge in [-0.2, -0.15) is 5.10 Å². The molecule has 2 amide bonds. The van der Waals surface area contributed by atoms with Crippen molar-refractivity contribution in [2.75, 3.05) is 27.9 Å². The Balaban J connectivity index is 1.91. The van der Waals surface area contributed by atoms with E-state index in [0.29, 0.717) is 27.1 Å². The fourth-order valence-electron chi connectivity index (χ4n) is 2.28. The third-order valence-corrected chi connectivity index (χ3v) is 4.33. The molecule has 3 N–H and O–H groups in total. The highest BCUT2D eigenvalue weighted by molar-refractivity contribution is 9.10. The number of phenolic OH excluding ortho intramolecular Hbond substituents is 1. The summed E-state index contributed by atoms with van der Waals surface area (Å²) in [7, 11) is 4.38. The first-order valence-electron chi connectivity index (χ1n) is 8.28. The molecule has 0 saturated heterocycles. The number of methoxy groups -OCH3 is 3. The van der Waals surface area contributed by atoms with E-state index in [4.69, 9.17) is 14.2 Å². The van der Waals surface area contributed by atoms with E-state index in [0.717, 1.165) is 0 Å². The van der Waals surface area contributed by atoms with Gasteiger partial charge < -0.3 is 24.6 Å². The van der Waals surface area contributed by atoms with Gasteiger partial charge in [-0.15, -0.1) is 0 Å². The monoisotopic (exact) mass is 465 g/mol. The van der Waals surface area contributed by atoms with Crippen molar-refractivity contribution in [1.29, 1.82) is 0 Å². The van der Waals surface area contributed by atoms with Gasteiger partial charge >= 0.3 is 0 Å². The summed E-state index contributed by atoms with van der Waals surface area (Å²) in [5.74, 6) is 0.163. The third-order valence-electron chi connectivity index (χ3n) is 3.73. The maximum Gasteiger partial charge on any atom is 0.259 e. The Morgan fingerprint density at radius 1 is 1.07 bits per heavy atom. The van der Waals surface area contributed by atoms with Crippen LogP contribution in [0.5, 0.6) is 23.0 Å². The van der Waals surface area contributed by atoms with Gasteiger partial charge in [0, 0.05) is 5.56 Å². The van der Waals surface area contributed by atoms with Crippen LogP contribution in [0.15, 0.2) is 39.9 Å². The van der Waals surface area contributed by atoms with Crippen molar-refractivity contribution in [3.63, 3.8) is 0 Å². The summed E-state index contributed by atoms with van der Waals surface area (Å²) in [6.45, 7) is -0.271. The van der Waals surface area contributed by atoms with Crippen molar-refractivity contribution >= 4 is 34.0 Å². The van der Waals surface area contributed by atoms with Crippen molar-refractivity contribution in [2.45, 2.75) is 0 Å². The molecule has 2 aromatic rings. The first kappa shape index (κ1) is 22.0. The predicted molar refractivity (Wildman–Crippen MR) is 110 cm³/mol. The Bertz CT molecular complexity index is 932. The zero-order chi connectivity index (χ0) is 21.4. The standard InChI is InChI=1S/C19H20BrN3O6/c1-27-14-5-4-12(8-15(14)28-2)19(26)21-10-17(24)23-22-9-11-6-13(20)18(25)16(7-11)29-3/h4-9,25H,10H2,1-3H3,(H,21,26)(H,23,24). The number of benzene rings is 2. The minimum Gasteiger partial charge on any atom is -0.503 e. The Hall–Kier alpha value is -3.27. The number of aromatic hydroxyl groups is 1. The number of carbonyl (C=O) groups excluding carboxylic acids is 2. The first-order valence-corrected chi connectivity index (χ1v) is 9.07. The van der Waals surface area contributed by atoms with Gasteiger partial charge in [-0.05, 0) is 51.8 Å². The van der Waals surface area contributed by atoms with Gasteiger partial charge in [0.25, 0.3) is 11.8 Å². The second-order valence-corrected chi connectivity index (χ2v) is 6.45. The summed E-state index contributed by atoms with van der Waals surface area (Å²) >= 11 is 3.20. The summed E-state index contributed by atoms with van der Waals surface area (Å²) in [4.78, 5) is 24.1. The molecule has 10 heteroatoms. The minimum absolute atomic E-state index is 0.0356. The van der Waals surface area contributed by atoms with Crippen molar-refractivity contribution < 1.29 is 28.9 Å². The van der Waals surface area contributed by atoms with Gasteiger partial charge in [0.05, 0.1) is 38.6 Å². The van der Waals surface area contributed by atoms with Gasteiger partial charge in [0.2, 0.25) is 0 Å². The second kappa shape index (κ2) is 10.3. The zero-order valence-corrected chi connectivity index (χ0v) is 17.6. The number of nitrogens with one attached hydrogen (secondary N) is 2. The molecule has 0 aliphatic rings. The maximum atomic E-state index is 12.2. The molecule has 0 bridgehead atoms. The van der Waals surface area contributed by atoms with E-state index >= 15 is 0 Å². The topological polar surface area (TPSA) is 118 Å². The lowest BCUT2D eigenvalue weighted by atomic mass is 10.2. The lowest BCUT2D eigenvalue weighted by Crippen LogP contribution is -2.34. The number of carbonyl (C=O) groups is 2. The number of amides is 2. The van der Waals surface area contributed by atoms with E-state index in [9.17, 15) is 14.7 Å². The van der Waals surface area contributed by atoms with Crippen LogP contribution in [0.25, 0.3) is 0 Å². The fourth-order valence-corrected chi connectivity index (χ4v) is 2.74. The molecule has 0 fully saturated rings. The van der Waals surface area contributed by atoms with Crippen LogP contribution in [0.4, 0.5) is 0 Å². The summed E-state index contributed by atoms with van der Waals surface area (Å²) in [5, 5.41) is 16.1. The minimum atomic E-state index is -0.514. The number of hydrazone groups is 1. The van der Waals surface area contributed by atoms with Crippen molar-refractivity contribution in [1.82, 2.24) is 10.7 Å². The Morgan fingerprint density at radius 2 is 1.76 bits per heavy atom. The van der Waals surface area contributed by atoms with Crippen LogP contribution in [-0.4, -0.2) is 51.0 Å². The van der Waals surface area contributed by atoms with E-state index in [1.807, 2.05) is 0 Å². The second-order valence-electron chi connectivity index (χ2n) is 5.60. The number of halogens is 1. The molecule has 0 aliphatic heterocycles. The highest BCUT2D eigenvalue weighted by Crippen LogP contribution is 2.34. The van der Waals surface area contributed by atoms with Crippen LogP contribution in [0.3, 0.4) is 0 Å². The average Bonchev–Trinajstić information content (AvgIpc) is 2.73. The summed E-state index contributed by atoms with van der Waals surface area (Å²) in [6.07, 6.45) is 1.38. The number of nitrogens with zero attached hydrogens (tertiary/aromatic N) is 1. The van der Waals surface area contributed by atoms with E-state index in [1.54, 1.807) is 24.3 Å².